The number of esters is 3. The number of aliphatic hydroxyl groups is 1. The van der Waals surface area contributed by atoms with E-state index in [-0.39, 0.29) is 39.5 Å². The number of carbonyl (C=O) groups excluding carboxylic acids is 6. The van der Waals surface area contributed by atoms with Crippen LogP contribution in [0.4, 0.5) is 21.9 Å². The Balaban J connectivity index is 1.43. The first-order chi connectivity index (χ1) is 27.1. The summed E-state index contributed by atoms with van der Waals surface area (Å²) < 4.78 is 16.0. The number of carbonyl (C=O) groups is 6. The molecule has 1 saturated heterocycles. The van der Waals surface area contributed by atoms with Gasteiger partial charge in [-0.3, -0.25) is 34.7 Å². The topological polar surface area (TPSA) is 269 Å². The van der Waals surface area contributed by atoms with E-state index in [4.69, 9.17) is 19.9 Å². The van der Waals surface area contributed by atoms with Gasteiger partial charge in [0.25, 0.3) is 17.3 Å². The summed E-state index contributed by atoms with van der Waals surface area (Å²) in [5, 5.41) is 33.5. The van der Waals surface area contributed by atoms with Crippen molar-refractivity contribution in [1.29, 1.82) is 0 Å². The molecule has 4 atom stereocenters. The second-order valence-electron chi connectivity index (χ2n) is 13.0. The van der Waals surface area contributed by atoms with Crippen LogP contribution < -0.4 is 15.4 Å². The van der Waals surface area contributed by atoms with E-state index in [1.165, 1.54) is 19.1 Å². The van der Waals surface area contributed by atoms with Crippen molar-refractivity contribution in [2.45, 2.75) is 26.0 Å². The van der Waals surface area contributed by atoms with Gasteiger partial charge in [0.05, 0.1) is 51.3 Å². The maximum Gasteiger partial charge on any atom is 0.422 e. The second-order valence-corrected chi connectivity index (χ2v) is 13.0. The van der Waals surface area contributed by atoms with Gasteiger partial charge in [-0.1, -0.05) is 31.2 Å². The molecule has 292 valence electrons. The van der Waals surface area contributed by atoms with Crippen molar-refractivity contribution in [3.63, 3.8) is 0 Å². The number of rotatable bonds is 12. The predicted molar refractivity (Wildman–Crippen MR) is 195 cm³/mol. The third-order valence-electron chi connectivity index (χ3n) is 9.57. The van der Waals surface area contributed by atoms with Crippen LogP contribution in [0, 0.1) is 32.1 Å². The Morgan fingerprint density at radius 2 is 1.37 bits per heavy atom. The number of amides is 3. The maximum atomic E-state index is 14.2. The first-order valence-corrected chi connectivity index (χ1v) is 17.0. The van der Waals surface area contributed by atoms with Crippen molar-refractivity contribution in [2.24, 2.45) is 17.6 Å². The van der Waals surface area contributed by atoms with Crippen molar-refractivity contribution in [2.75, 3.05) is 18.1 Å². The fourth-order valence-corrected chi connectivity index (χ4v) is 6.86. The van der Waals surface area contributed by atoms with Gasteiger partial charge in [-0.2, -0.15) is 0 Å². The number of aliphatic hydroxyl groups excluding tert-OH is 1. The first kappa shape index (κ1) is 39.2. The van der Waals surface area contributed by atoms with Crippen LogP contribution in [0.2, 0.25) is 0 Å². The molecule has 0 aliphatic carbocycles. The van der Waals surface area contributed by atoms with E-state index >= 15 is 0 Å². The molecule has 0 aromatic heterocycles. The van der Waals surface area contributed by atoms with Crippen LogP contribution >= 0.6 is 0 Å². The molecule has 2 aliphatic heterocycles. The monoisotopic (exact) mass is 781 g/mol. The van der Waals surface area contributed by atoms with Crippen LogP contribution in [0.15, 0.2) is 96.2 Å². The van der Waals surface area contributed by atoms with Crippen LogP contribution in [-0.2, 0) is 23.9 Å². The van der Waals surface area contributed by atoms with Crippen LogP contribution in [-0.4, -0.2) is 81.0 Å². The first-order valence-electron chi connectivity index (χ1n) is 17.0. The average Bonchev–Trinajstić information content (AvgIpc) is 3.42. The summed E-state index contributed by atoms with van der Waals surface area (Å²) in [6.07, 6.45) is -2.46. The van der Waals surface area contributed by atoms with E-state index in [1.54, 1.807) is 31.2 Å². The minimum Gasteiger partial charge on any atom is -0.483 e. The molecule has 0 spiro atoms. The van der Waals surface area contributed by atoms with Gasteiger partial charge in [-0.25, -0.2) is 19.2 Å². The summed E-state index contributed by atoms with van der Waals surface area (Å²) in [6.45, 7) is 1.96. The van der Waals surface area contributed by atoms with E-state index < -0.39 is 88.5 Å². The molecule has 19 nitrogen and oxygen atoms in total. The largest absolute Gasteiger partial charge is 0.483 e. The Labute approximate surface area is 321 Å². The summed E-state index contributed by atoms with van der Waals surface area (Å²) in [5.74, 6) is -6.71. The number of β-lactam (4-membered cyclic amide) rings is 1. The highest BCUT2D eigenvalue weighted by molar-refractivity contribution is 6.09. The second kappa shape index (κ2) is 15.7. The lowest BCUT2D eigenvalue weighted by Crippen LogP contribution is -2.63. The molecule has 0 bridgehead atoms. The van der Waals surface area contributed by atoms with Crippen LogP contribution in [0.1, 0.15) is 34.6 Å². The average molecular weight is 782 g/mol. The highest BCUT2D eigenvalue weighted by atomic mass is 16.6. The molecular formula is C38H31N5O14. The third kappa shape index (κ3) is 7.58. The SMILES string of the molecule is C[C@@H](O)[C@H]1C(=O)N2C(C(=O)OC(=O)c3ccc([N+](=O)[O-])cc3)=C(CN(C(=O)OC(=O)c3ccc([N+](=O)[O-])cc3)c3cccc4c(OCC(N)=O)cccc34)[C@H](C)[C@H]12. The van der Waals surface area contributed by atoms with Gasteiger partial charge in [-0.05, 0) is 48.9 Å². The van der Waals surface area contributed by atoms with Crippen molar-refractivity contribution >= 4 is 63.7 Å². The van der Waals surface area contributed by atoms with E-state index in [9.17, 15) is 54.1 Å². The number of primary amides is 1. The smallest absolute Gasteiger partial charge is 0.422 e. The summed E-state index contributed by atoms with van der Waals surface area (Å²) in [6, 6.07) is 16.9. The van der Waals surface area contributed by atoms with Gasteiger partial charge in [0, 0.05) is 41.0 Å². The quantitative estimate of drug-likeness (QED) is 0.0681. The van der Waals surface area contributed by atoms with Gasteiger partial charge in [0.15, 0.2) is 6.61 Å². The Morgan fingerprint density at radius 1 is 0.825 bits per heavy atom. The number of hydrogen-bond acceptors (Lipinski definition) is 14. The Bertz CT molecular complexity index is 2390. The molecule has 3 amide bonds. The number of fused-ring (bicyclic) bond motifs is 2. The molecule has 0 radical (unpaired) electrons. The number of non-ortho nitro benzene ring substituents is 2. The predicted octanol–water partition coefficient (Wildman–Crippen LogP) is 3.80. The van der Waals surface area contributed by atoms with Gasteiger partial charge in [0.2, 0.25) is 5.91 Å². The zero-order valence-corrected chi connectivity index (χ0v) is 29.9. The molecule has 19 heteroatoms. The maximum absolute atomic E-state index is 14.2. The summed E-state index contributed by atoms with van der Waals surface area (Å²) >= 11 is 0. The van der Waals surface area contributed by atoms with E-state index in [2.05, 4.69) is 0 Å². The molecule has 0 unspecified atom stereocenters. The molecule has 1 fully saturated rings. The number of nitrogens with two attached hydrogens (primary N) is 1. The highest BCUT2D eigenvalue weighted by Gasteiger charge is 2.60. The number of nitro groups is 2. The van der Waals surface area contributed by atoms with Gasteiger partial charge in [-0.15, -0.1) is 0 Å². The fraction of sp³-hybridized carbons (Fsp3) is 0.211. The minimum absolute atomic E-state index is 0.0656. The van der Waals surface area contributed by atoms with Crippen LogP contribution in [0.25, 0.3) is 10.8 Å². The fourth-order valence-electron chi connectivity index (χ4n) is 6.86. The van der Waals surface area contributed by atoms with Gasteiger partial charge < -0.3 is 30.0 Å². The lowest BCUT2D eigenvalue weighted by Gasteiger charge is -2.46. The lowest BCUT2D eigenvalue weighted by atomic mass is 9.77. The van der Waals surface area contributed by atoms with E-state index in [1.807, 2.05) is 0 Å². The molecule has 2 heterocycles. The number of benzene rings is 4. The minimum atomic E-state index is -1.31. The number of anilines is 1. The molecule has 3 N–H and O–H groups in total. The molecule has 6 rings (SSSR count). The molecule has 57 heavy (non-hydrogen) atoms. The molecular weight excluding hydrogens is 750 g/mol. The summed E-state index contributed by atoms with van der Waals surface area (Å²) in [4.78, 5) is 102. The van der Waals surface area contributed by atoms with Crippen molar-refractivity contribution in [3.8, 4) is 5.75 Å². The normalized spacial score (nSPS) is 17.6. The number of nitro benzene ring substituents is 2. The van der Waals surface area contributed by atoms with Gasteiger partial charge in [0.1, 0.15) is 11.4 Å². The highest BCUT2D eigenvalue weighted by Crippen LogP contribution is 2.48. The van der Waals surface area contributed by atoms with E-state index in [0.29, 0.717) is 10.8 Å². The van der Waals surface area contributed by atoms with Crippen molar-refractivity contribution in [3.05, 3.63) is 128 Å². The molecule has 4 aromatic carbocycles. The van der Waals surface area contributed by atoms with Gasteiger partial charge >= 0.3 is 24.0 Å². The lowest BCUT2D eigenvalue weighted by molar-refractivity contribution is -0.385. The van der Waals surface area contributed by atoms with E-state index in [0.717, 1.165) is 58.3 Å². The number of hydrogen-bond donors (Lipinski definition) is 2. The molecule has 2 aliphatic rings. The molecule has 4 aromatic rings. The summed E-state index contributed by atoms with van der Waals surface area (Å²) in [7, 11) is 0. The Hall–Kier alpha value is -7.54. The Kier molecular flexibility index (Phi) is 10.8. The standard InChI is InChI=1S/C38H31N5O14/c1-19-27(33(41-32(19)31(20(2)44)34(41)46)37(49)56-35(47)21-9-13-23(14-10-21)42(51)52)17-40(38(50)57-36(48)22-11-15-24(16-12-22)43(53)54)28-7-3-6-26-25(28)5-4-8-29(26)55-18-30(39)45/h3-16,19-20,31-32,44H,17-18H2,1-2H3,(H2,39,45)/t19-,20+,31+,32+/m0/s1. The van der Waals surface area contributed by atoms with Crippen LogP contribution in [0.3, 0.4) is 0 Å². The van der Waals surface area contributed by atoms with Crippen molar-refractivity contribution in [1.82, 2.24) is 4.90 Å². The third-order valence-corrected chi connectivity index (χ3v) is 9.57. The zero-order chi connectivity index (χ0) is 41.3. The zero-order valence-electron chi connectivity index (χ0n) is 29.9. The number of nitrogens with zero attached hydrogens (tertiary/aromatic N) is 4. The number of ether oxygens (including phenoxy) is 3. The van der Waals surface area contributed by atoms with Crippen LogP contribution in [0.5, 0.6) is 5.75 Å². The summed E-state index contributed by atoms with van der Waals surface area (Å²) in [5.41, 5.74) is 3.91. The Morgan fingerprint density at radius 3 is 1.91 bits per heavy atom. The molecule has 0 saturated carbocycles. The van der Waals surface area contributed by atoms with Crippen molar-refractivity contribution < 1.29 is 57.9 Å².